The van der Waals surface area contributed by atoms with E-state index in [0.717, 1.165) is 19.2 Å². The van der Waals surface area contributed by atoms with Gasteiger partial charge in [-0.25, -0.2) is 17.6 Å². The minimum Gasteiger partial charge on any atom is -0.465 e. The molecule has 0 bridgehead atoms. The number of anilines is 1. The molecule has 0 aliphatic carbocycles. The quantitative estimate of drug-likeness (QED) is 0.588. The van der Waals surface area contributed by atoms with Gasteiger partial charge in [-0.05, 0) is 56.3 Å². The molecule has 2 fully saturated rings. The number of hydrogen-bond donors (Lipinski definition) is 1. The number of nitrogens with zero attached hydrogens (tertiary/aromatic N) is 3. The molecule has 2 aromatic rings. The van der Waals surface area contributed by atoms with Crippen molar-refractivity contribution in [3.05, 3.63) is 58.6 Å². The van der Waals surface area contributed by atoms with E-state index in [-0.39, 0.29) is 22.8 Å². The number of piperidine rings is 1. The van der Waals surface area contributed by atoms with Gasteiger partial charge in [0.05, 0.1) is 40.9 Å². The Morgan fingerprint density at radius 3 is 2.55 bits per heavy atom. The Morgan fingerprint density at radius 2 is 2.00 bits per heavy atom. The molecule has 33 heavy (non-hydrogen) atoms. The van der Waals surface area contributed by atoms with E-state index < -0.39 is 27.1 Å². The van der Waals surface area contributed by atoms with Crippen LogP contribution in [0, 0.1) is 5.82 Å². The predicted molar refractivity (Wildman–Crippen MR) is 123 cm³/mol. The highest BCUT2D eigenvalue weighted by Crippen LogP contribution is 2.31. The van der Waals surface area contributed by atoms with Gasteiger partial charge in [0.25, 0.3) is 0 Å². The molecule has 0 amide bonds. The van der Waals surface area contributed by atoms with Gasteiger partial charge in [0.2, 0.25) is 10.0 Å². The van der Waals surface area contributed by atoms with Crippen LogP contribution in [-0.4, -0.2) is 68.9 Å². The first-order valence-electron chi connectivity index (χ1n) is 10.7. The molecule has 0 spiro atoms. The average molecular weight is 497 g/mol. The molecule has 4 rings (SSSR count). The zero-order valence-corrected chi connectivity index (χ0v) is 19.8. The second-order valence-electron chi connectivity index (χ2n) is 8.23. The van der Waals surface area contributed by atoms with Crippen LogP contribution in [0.1, 0.15) is 28.9 Å². The van der Waals surface area contributed by atoms with E-state index in [1.807, 2.05) is 0 Å². The molecule has 1 aromatic heterocycles. The van der Waals surface area contributed by atoms with Crippen LogP contribution in [0.4, 0.5) is 10.1 Å². The number of likely N-dealkylation sites (tertiary alicyclic amines) is 1. The Hall–Kier alpha value is -2.27. The third-order valence-electron chi connectivity index (χ3n) is 6.22. The molecule has 0 atom stereocenters. The van der Waals surface area contributed by atoms with Crippen molar-refractivity contribution in [1.82, 2.24) is 15.2 Å². The molecule has 3 heterocycles. The molecule has 2 aliphatic heterocycles. The molecule has 1 N–H and O–H groups in total. The monoisotopic (exact) mass is 496 g/mol. The maximum Gasteiger partial charge on any atom is 0.339 e. The molecular weight excluding hydrogens is 471 g/mol. The smallest absolute Gasteiger partial charge is 0.339 e. The maximum atomic E-state index is 13.8. The van der Waals surface area contributed by atoms with Gasteiger partial charge in [0, 0.05) is 25.3 Å². The lowest BCUT2D eigenvalue weighted by molar-refractivity contribution is 0.0600. The normalized spacial score (nSPS) is 18.0. The number of sulfonamides is 1. The summed E-state index contributed by atoms with van der Waals surface area (Å²) in [6.07, 6.45) is 2.37. The fourth-order valence-electron chi connectivity index (χ4n) is 4.12. The molecule has 2 aliphatic rings. The number of carbonyl (C=O) groups excluding carboxylic acids is 1. The van der Waals surface area contributed by atoms with Gasteiger partial charge >= 0.3 is 5.97 Å². The Bertz CT molecular complexity index is 1100. The number of benzene rings is 1. The van der Waals surface area contributed by atoms with Crippen LogP contribution in [-0.2, 0) is 21.3 Å². The third-order valence-corrected chi connectivity index (χ3v) is 8.78. The fourth-order valence-corrected chi connectivity index (χ4v) is 6.18. The summed E-state index contributed by atoms with van der Waals surface area (Å²) in [5, 5.41) is 2.52. The number of esters is 1. The zero-order valence-electron chi connectivity index (χ0n) is 18.2. The minimum atomic E-state index is -3.80. The number of rotatable bonds is 7. The van der Waals surface area contributed by atoms with E-state index in [2.05, 4.69) is 19.9 Å². The van der Waals surface area contributed by atoms with Crippen molar-refractivity contribution < 1.29 is 22.3 Å². The van der Waals surface area contributed by atoms with Gasteiger partial charge in [0.1, 0.15) is 5.82 Å². The summed E-state index contributed by atoms with van der Waals surface area (Å²) in [7, 11) is -2.52. The standard InChI is InChI=1S/C22H26ClFN4O4S/c1-32-22(29)15-2-3-16(26-11-15)14-28(17-4-5-21(24)20(23)10-17)33(30,31)19-6-8-27(9-7-19)18-12-25-13-18/h2-5,10-11,18-19,25H,6-9,12-14H2,1H3. The van der Waals surface area contributed by atoms with Crippen molar-refractivity contribution >= 4 is 33.3 Å². The number of carbonyl (C=O) groups is 1. The van der Waals surface area contributed by atoms with Gasteiger partial charge in [-0.15, -0.1) is 0 Å². The second-order valence-corrected chi connectivity index (χ2v) is 10.8. The molecular formula is C22H26ClFN4O4S. The van der Waals surface area contributed by atoms with E-state index in [4.69, 9.17) is 11.6 Å². The van der Waals surface area contributed by atoms with Crippen molar-refractivity contribution in [3.8, 4) is 0 Å². The first kappa shape index (κ1) is 23.9. The second kappa shape index (κ2) is 9.92. The lowest BCUT2D eigenvalue weighted by Gasteiger charge is -2.42. The number of aromatic nitrogens is 1. The number of pyridine rings is 1. The van der Waals surface area contributed by atoms with E-state index >= 15 is 0 Å². The largest absolute Gasteiger partial charge is 0.465 e. The summed E-state index contributed by atoms with van der Waals surface area (Å²) in [6, 6.07) is 7.44. The van der Waals surface area contributed by atoms with Crippen LogP contribution in [0.5, 0.6) is 0 Å². The molecule has 8 nitrogen and oxygen atoms in total. The molecule has 0 unspecified atom stereocenters. The van der Waals surface area contributed by atoms with Gasteiger partial charge < -0.3 is 10.1 Å². The Kier molecular flexibility index (Phi) is 7.18. The number of hydrogen-bond acceptors (Lipinski definition) is 7. The maximum absolute atomic E-state index is 13.8. The van der Waals surface area contributed by atoms with Crippen LogP contribution in [0.3, 0.4) is 0 Å². The van der Waals surface area contributed by atoms with Crippen LogP contribution >= 0.6 is 11.6 Å². The third kappa shape index (κ3) is 5.13. The van der Waals surface area contributed by atoms with Gasteiger partial charge in [-0.1, -0.05) is 11.6 Å². The fraction of sp³-hybridized carbons (Fsp3) is 0.455. The van der Waals surface area contributed by atoms with E-state index in [1.54, 1.807) is 6.07 Å². The van der Waals surface area contributed by atoms with E-state index in [9.17, 15) is 17.6 Å². The van der Waals surface area contributed by atoms with Crippen LogP contribution in [0.15, 0.2) is 36.5 Å². The SMILES string of the molecule is COC(=O)c1ccc(CN(c2ccc(F)c(Cl)c2)S(=O)(=O)C2CCN(C3CNC3)CC2)nc1. The summed E-state index contributed by atoms with van der Waals surface area (Å²) in [5.74, 6) is -1.15. The number of methoxy groups -OCH3 is 1. The van der Waals surface area contributed by atoms with Crippen molar-refractivity contribution in [2.45, 2.75) is 30.7 Å². The van der Waals surface area contributed by atoms with Crippen molar-refractivity contribution in [3.63, 3.8) is 0 Å². The molecule has 11 heteroatoms. The molecule has 2 saturated heterocycles. The Morgan fingerprint density at radius 1 is 1.27 bits per heavy atom. The van der Waals surface area contributed by atoms with Gasteiger partial charge in [0.15, 0.2) is 0 Å². The van der Waals surface area contributed by atoms with Crippen LogP contribution < -0.4 is 9.62 Å². The lowest BCUT2D eigenvalue weighted by atomic mass is 10.0. The highest BCUT2D eigenvalue weighted by molar-refractivity contribution is 7.93. The molecule has 0 radical (unpaired) electrons. The van der Waals surface area contributed by atoms with Crippen LogP contribution in [0.2, 0.25) is 5.02 Å². The first-order chi connectivity index (χ1) is 15.8. The summed E-state index contributed by atoms with van der Waals surface area (Å²) < 4.78 is 47.2. The highest BCUT2D eigenvalue weighted by atomic mass is 35.5. The molecule has 178 valence electrons. The summed E-state index contributed by atoms with van der Waals surface area (Å²) in [5.41, 5.74) is 0.967. The summed E-state index contributed by atoms with van der Waals surface area (Å²) in [6.45, 7) is 3.22. The molecule has 0 saturated carbocycles. The molecule has 1 aromatic carbocycles. The lowest BCUT2D eigenvalue weighted by Crippen LogP contribution is -2.59. The van der Waals surface area contributed by atoms with E-state index in [0.29, 0.717) is 37.7 Å². The topological polar surface area (TPSA) is 91.8 Å². The minimum absolute atomic E-state index is 0.0709. The van der Waals surface area contributed by atoms with Crippen molar-refractivity contribution in [2.75, 3.05) is 37.6 Å². The van der Waals surface area contributed by atoms with Crippen molar-refractivity contribution in [2.24, 2.45) is 0 Å². The number of halogens is 2. The zero-order chi connectivity index (χ0) is 23.6. The predicted octanol–water partition coefficient (Wildman–Crippen LogP) is 2.43. The summed E-state index contributed by atoms with van der Waals surface area (Å²) in [4.78, 5) is 18.2. The highest BCUT2D eigenvalue weighted by Gasteiger charge is 2.37. The number of ether oxygens (including phenoxy) is 1. The Labute approximate surface area is 197 Å². The first-order valence-corrected chi connectivity index (χ1v) is 12.6. The average Bonchev–Trinajstić information content (AvgIpc) is 2.78. The van der Waals surface area contributed by atoms with Gasteiger partial charge in [-0.2, -0.15) is 0 Å². The van der Waals surface area contributed by atoms with Crippen molar-refractivity contribution in [1.29, 1.82) is 0 Å². The summed E-state index contributed by atoms with van der Waals surface area (Å²) >= 11 is 5.97. The Balaban J connectivity index is 1.59. The number of nitrogens with one attached hydrogen (secondary N) is 1. The van der Waals surface area contributed by atoms with E-state index in [1.165, 1.54) is 35.8 Å². The van der Waals surface area contributed by atoms with Gasteiger partial charge in [-0.3, -0.25) is 14.2 Å². The van der Waals surface area contributed by atoms with Crippen LogP contribution in [0.25, 0.3) is 0 Å².